The maximum Gasteiger partial charge on any atom is 0.191 e. The van der Waals surface area contributed by atoms with Crippen LogP contribution in [0.3, 0.4) is 0 Å². The second-order valence-corrected chi connectivity index (χ2v) is 5.99. The Morgan fingerprint density at radius 2 is 2.16 bits per heavy atom. The van der Waals surface area contributed by atoms with Crippen molar-refractivity contribution in [3.8, 4) is 0 Å². The molecule has 0 atom stereocenters. The van der Waals surface area contributed by atoms with Crippen LogP contribution < -0.4 is 10.6 Å². The number of guanidine groups is 1. The molecule has 1 aromatic heterocycles. The molecule has 1 rings (SSSR count). The molecule has 0 saturated heterocycles. The predicted octanol–water partition coefficient (Wildman–Crippen LogP) is 3.17. The number of hydrogen-bond acceptors (Lipinski definition) is 3. The molecule has 0 amide bonds. The Kier molecular flexibility index (Phi) is 10.2. The third kappa shape index (κ3) is 8.41. The first-order chi connectivity index (χ1) is 8.61. The second-order valence-electron chi connectivity index (χ2n) is 4.67. The van der Waals surface area contributed by atoms with Gasteiger partial charge < -0.3 is 10.6 Å². The summed E-state index contributed by atoms with van der Waals surface area (Å²) in [5.74, 6) is 1.59. The van der Waals surface area contributed by atoms with Gasteiger partial charge in [-0.15, -0.1) is 35.3 Å². The number of aromatic nitrogens is 1. The highest BCUT2D eigenvalue weighted by molar-refractivity contribution is 14.0. The van der Waals surface area contributed by atoms with E-state index in [-0.39, 0.29) is 24.0 Å². The molecule has 4 nitrogen and oxygen atoms in total. The van der Waals surface area contributed by atoms with E-state index in [1.54, 1.807) is 11.3 Å². The molecule has 0 spiro atoms. The largest absolute Gasteiger partial charge is 0.357 e. The molecule has 0 radical (unpaired) electrons. The van der Waals surface area contributed by atoms with Crippen molar-refractivity contribution < 1.29 is 0 Å². The van der Waals surface area contributed by atoms with Crippen molar-refractivity contribution in [2.24, 2.45) is 10.9 Å². The molecular formula is C13H25IN4S. The minimum absolute atomic E-state index is 0. The Balaban J connectivity index is 0.00000324. The van der Waals surface area contributed by atoms with Crippen LogP contribution in [0, 0.1) is 12.8 Å². The van der Waals surface area contributed by atoms with Gasteiger partial charge >= 0.3 is 0 Å². The van der Waals surface area contributed by atoms with Crippen LogP contribution in [0.2, 0.25) is 0 Å². The minimum Gasteiger partial charge on any atom is -0.357 e. The van der Waals surface area contributed by atoms with Crippen LogP contribution in [0.5, 0.6) is 0 Å². The van der Waals surface area contributed by atoms with Crippen LogP contribution in [-0.2, 0) is 6.54 Å². The molecule has 6 heteroatoms. The van der Waals surface area contributed by atoms with Crippen molar-refractivity contribution in [2.45, 2.75) is 40.7 Å². The highest BCUT2D eigenvalue weighted by Crippen LogP contribution is 2.11. The molecule has 19 heavy (non-hydrogen) atoms. The zero-order valence-electron chi connectivity index (χ0n) is 12.2. The van der Waals surface area contributed by atoms with Crippen molar-refractivity contribution in [2.75, 3.05) is 13.1 Å². The van der Waals surface area contributed by atoms with Gasteiger partial charge in [-0.25, -0.2) is 9.98 Å². The van der Waals surface area contributed by atoms with Gasteiger partial charge in [0, 0.05) is 24.2 Å². The highest BCUT2D eigenvalue weighted by atomic mass is 127. The maximum absolute atomic E-state index is 4.54. The summed E-state index contributed by atoms with van der Waals surface area (Å²) >= 11 is 1.70. The topological polar surface area (TPSA) is 49.3 Å². The summed E-state index contributed by atoms with van der Waals surface area (Å²) in [4.78, 5) is 10.1. The smallest absolute Gasteiger partial charge is 0.191 e. The molecule has 0 unspecified atom stereocenters. The van der Waals surface area contributed by atoms with Gasteiger partial charge in [0.15, 0.2) is 5.96 Å². The zero-order valence-corrected chi connectivity index (χ0v) is 15.3. The van der Waals surface area contributed by atoms with Gasteiger partial charge in [0.2, 0.25) is 0 Å². The molecule has 0 fully saturated rings. The van der Waals surface area contributed by atoms with Crippen molar-refractivity contribution >= 4 is 41.3 Å². The Hall–Kier alpha value is -0.370. The van der Waals surface area contributed by atoms with Crippen LogP contribution >= 0.6 is 35.3 Å². The fourth-order valence-electron chi connectivity index (χ4n) is 1.44. The summed E-state index contributed by atoms with van der Waals surface area (Å²) in [6.07, 6.45) is 3.05. The fourth-order valence-corrected chi connectivity index (χ4v) is 2.15. The van der Waals surface area contributed by atoms with Gasteiger partial charge in [-0.05, 0) is 26.2 Å². The van der Waals surface area contributed by atoms with E-state index in [4.69, 9.17) is 0 Å². The average molecular weight is 396 g/mol. The number of aryl methyl sites for hydroxylation is 1. The predicted molar refractivity (Wildman–Crippen MR) is 94.5 cm³/mol. The molecule has 0 bridgehead atoms. The monoisotopic (exact) mass is 396 g/mol. The molecular weight excluding hydrogens is 371 g/mol. The van der Waals surface area contributed by atoms with E-state index in [9.17, 15) is 0 Å². The van der Waals surface area contributed by atoms with Crippen LogP contribution in [0.1, 0.15) is 37.1 Å². The van der Waals surface area contributed by atoms with E-state index in [0.717, 1.165) is 30.5 Å². The molecule has 1 heterocycles. The number of aliphatic imine (C=N–C) groups is 1. The van der Waals surface area contributed by atoms with Crippen molar-refractivity contribution in [1.82, 2.24) is 15.6 Å². The summed E-state index contributed by atoms with van der Waals surface area (Å²) in [6, 6.07) is 0. The summed E-state index contributed by atoms with van der Waals surface area (Å²) in [7, 11) is 0. The fraction of sp³-hybridized carbons (Fsp3) is 0.692. The van der Waals surface area contributed by atoms with E-state index in [0.29, 0.717) is 12.5 Å². The third-order valence-electron chi connectivity index (χ3n) is 2.40. The van der Waals surface area contributed by atoms with Crippen molar-refractivity contribution in [3.05, 3.63) is 16.1 Å². The zero-order chi connectivity index (χ0) is 13.4. The first-order valence-corrected chi connectivity index (χ1v) is 7.37. The first kappa shape index (κ1) is 18.6. The van der Waals surface area contributed by atoms with Gasteiger partial charge in [0.05, 0.1) is 6.54 Å². The summed E-state index contributed by atoms with van der Waals surface area (Å²) in [5, 5.41) is 7.66. The normalized spacial score (nSPS) is 11.3. The number of nitrogens with zero attached hydrogens (tertiary/aromatic N) is 2. The first-order valence-electron chi connectivity index (χ1n) is 6.55. The molecule has 0 aliphatic carbocycles. The molecule has 0 aliphatic heterocycles. The lowest BCUT2D eigenvalue weighted by atomic mass is 10.1. The molecule has 0 aromatic carbocycles. The summed E-state index contributed by atoms with van der Waals surface area (Å²) < 4.78 is 0. The van der Waals surface area contributed by atoms with Crippen LogP contribution in [0.4, 0.5) is 0 Å². The van der Waals surface area contributed by atoms with E-state index in [2.05, 4.69) is 48.3 Å². The molecule has 1 aromatic rings. The van der Waals surface area contributed by atoms with Crippen molar-refractivity contribution in [3.63, 3.8) is 0 Å². The Labute approximate surface area is 137 Å². The van der Waals surface area contributed by atoms with Crippen molar-refractivity contribution in [1.29, 1.82) is 0 Å². The lowest BCUT2D eigenvalue weighted by Crippen LogP contribution is -2.38. The van der Waals surface area contributed by atoms with Crippen LogP contribution in [0.15, 0.2) is 11.2 Å². The Morgan fingerprint density at radius 1 is 1.42 bits per heavy atom. The minimum atomic E-state index is 0. The molecule has 2 N–H and O–H groups in total. The van der Waals surface area contributed by atoms with Gasteiger partial charge in [-0.2, -0.15) is 0 Å². The van der Waals surface area contributed by atoms with Gasteiger partial charge in [-0.1, -0.05) is 13.8 Å². The lowest BCUT2D eigenvalue weighted by molar-refractivity contribution is 0.573. The van der Waals surface area contributed by atoms with Gasteiger partial charge in [-0.3, -0.25) is 0 Å². The number of hydrogen-bond donors (Lipinski definition) is 2. The standard InChI is InChI=1S/C13H24N4S.HI/c1-5-14-13(15-7-6-10(2)3)17-9-12-16-8-11(4)18-12;/h8,10H,5-7,9H2,1-4H3,(H2,14,15,17);1H. The third-order valence-corrected chi connectivity index (χ3v) is 3.30. The number of thiazole rings is 1. The van der Waals surface area contributed by atoms with Crippen LogP contribution in [0.25, 0.3) is 0 Å². The van der Waals surface area contributed by atoms with Gasteiger partial charge in [0.1, 0.15) is 5.01 Å². The maximum atomic E-state index is 4.54. The molecule has 0 aliphatic rings. The Bertz CT molecular complexity index is 376. The quantitative estimate of drug-likeness (QED) is 0.441. The average Bonchev–Trinajstić information content (AvgIpc) is 2.71. The van der Waals surface area contributed by atoms with Gasteiger partial charge in [0.25, 0.3) is 0 Å². The second kappa shape index (κ2) is 10.4. The molecule has 110 valence electrons. The van der Waals surface area contributed by atoms with E-state index in [1.165, 1.54) is 4.88 Å². The summed E-state index contributed by atoms with van der Waals surface area (Å²) in [6.45, 7) is 11.1. The van der Waals surface area contributed by atoms with E-state index in [1.807, 2.05) is 6.20 Å². The van der Waals surface area contributed by atoms with Crippen LogP contribution in [-0.4, -0.2) is 24.0 Å². The number of rotatable bonds is 6. The molecule has 0 saturated carbocycles. The lowest BCUT2D eigenvalue weighted by Gasteiger charge is -2.11. The number of halogens is 1. The SMILES string of the molecule is CCNC(=NCc1ncc(C)s1)NCCC(C)C.I. The number of nitrogens with one attached hydrogen (secondary N) is 2. The summed E-state index contributed by atoms with van der Waals surface area (Å²) in [5.41, 5.74) is 0. The Morgan fingerprint density at radius 3 is 2.68 bits per heavy atom. The highest BCUT2D eigenvalue weighted by Gasteiger charge is 2.00. The van der Waals surface area contributed by atoms with E-state index >= 15 is 0 Å². The van der Waals surface area contributed by atoms with E-state index < -0.39 is 0 Å².